The third kappa shape index (κ3) is 4.23. The summed E-state index contributed by atoms with van der Waals surface area (Å²) >= 11 is 0. The molecule has 0 amide bonds. The summed E-state index contributed by atoms with van der Waals surface area (Å²) in [4.78, 5) is 24.7. The number of aromatic hydroxyl groups is 1. The van der Waals surface area contributed by atoms with Gasteiger partial charge in [-0.3, -0.25) is 0 Å². The van der Waals surface area contributed by atoms with Crippen molar-refractivity contribution in [1.29, 1.82) is 0 Å². The molecule has 0 atom stereocenters. The zero-order chi connectivity index (χ0) is 19.1. The Morgan fingerprint density at radius 3 is 2.15 bits per heavy atom. The fourth-order valence-corrected chi connectivity index (χ4v) is 2.93. The summed E-state index contributed by atoms with van der Waals surface area (Å²) in [5.41, 5.74) is 2.54. The summed E-state index contributed by atoms with van der Waals surface area (Å²) in [7, 11) is 0. The van der Waals surface area contributed by atoms with Gasteiger partial charge in [-0.05, 0) is 49.4 Å². The minimum Gasteiger partial charge on any atom is -0.506 e. The van der Waals surface area contributed by atoms with Gasteiger partial charge in [-0.15, -0.1) is 0 Å². The van der Waals surface area contributed by atoms with E-state index >= 15 is 0 Å². The first-order chi connectivity index (χ1) is 12.5. The molecule has 2 aromatic carbocycles. The molecule has 2 rings (SSSR count). The first-order valence-electron chi connectivity index (χ1n) is 8.79. The Bertz CT molecular complexity index is 781. The fourth-order valence-electron chi connectivity index (χ4n) is 2.93. The predicted molar refractivity (Wildman–Crippen MR) is 98.6 cm³/mol. The summed E-state index contributed by atoms with van der Waals surface area (Å²) in [5.74, 6) is -1.68. The van der Waals surface area contributed by atoms with Gasteiger partial charge in [-0.1, -0.05) is 37.3 Å². The van der Waals surface area contributed by atoms with Crippen molar-refractivity contribution in [3.05, 3.63) is 64.2 Å². The Kier molecular flexibility index (Phi) is 6.78. The number of carbonyl (C=O) groups is 2. The predicted octanol–water partition coefficient (Wildman–Crippen LogP) is 3.90. The van der Waals surface area contributed by atoms with Gasteiger partial charge < -0.3 is 14.6 Å². The molecule has 26 heavy (non-hydrogen) atoms. The maximum absolute atomic E-state index is 12.4. The highest BCUT2D eigenvalue weighted by molar-refractivity contribution is 6.01. The molecule has 0 spiro atoms. The van der Waals surface area contributed by atoms with Crippen LogP contribution in [0, 0.1) is 0 Å². The largest absolute Gasteiger partial charge is 0.506 e. The first-order valence-corrected chi connectivity index (χ1v) is 8.79. The number of ether oxygens (including phenoxy) is 2. The Hall–Kier alpha value is -2.82. The monoisotopic (exact) mass is 356 g/mol. The second kappa shape index (κ2) is 9.04. The highest BCUT2D eigenvalue weighted by Crippen LogP contribution is 2.32. The number of phenolic OH excluding ortho intramolecular Hbond substituents is 1. The molecule has 0 fully saturated rings. The molecule has 0 unspecified atom stereocenters. The van der Waals surface area contributed by atoms with Gasteiger partial charge in [0.25, 0.3) is 0 Å². The molecule has 0 aliphatic carbocycles. The molecule has 0 saturated carbocycles. The van der Waals surface area contributed by atoms with Crippen molar-refractivity contribution in [1.82, 2.24) is 0 Å². The van der Waals surface area contributed by atoms with Crippen molar-refractivity contribution in [3.8, 4) is 5.75 Å². The lowest BCUT2D eigenvalue weighted by Gasteiger charge is -2.17. The second-order valence-corrected chi connectivity index (χ2v) is 5.74. The molecular weight excluding hydrogens is 332 g/mol. The molecule has 0 aliphatic heterocycles. The van der Waals surface area contributed by atoms with Gasteiger partial charge in [0.05, 0.1) is 13.2 Å². The van der Waals surface area contributed by atoms with Crippen LogP contribution in [0.3, 0.4) is 0 Å². The van der Waals surface area contributed by atoms with E-state index in [1.165, 1.54) is 0 Å². The van der Waals surface area contributed by atoms with E-state index in [4.69, 9.17) is 9.47 Å². The smallest absolute Gasteiger partial charge is 0.342 e. The molecule has 1 N–H and O–H groups in total. The highest BCUT2D eigenvalue weighted by Gasteiger charge is 2.26. The lowest BCUT2D eigenvalue weighted by atomic mass is 9.90. The third-order valence-electron chi connectivity index (χ3n) is 4.07. The van der Waals surface area contributed by atoms with E-state index in [2.05, 4.69) is 0 Å². The van der Waals surface area contributed by atoms with E-state index in [0.29, 0.717) is 18.4 Å². The Morgan fingerprint density at radius 2 is 1.58 bits per heavy atom. The number of esters is 2. The van der Waals surface area contributed by atoms with Crippen LogP contribution in [-0.4, -0.2) is 30.3 Å². The molecule has 5 heteroatoms. The van der Waals surface area contributed by atoms with Crippen LogP contribution in [0.2, 0.25) is 0 Å². The molecule has 5 nitrogen and oxygen atoms in total. The van der Waals surface area contributed by atoms with Gasteiger partial charge in [0.1, 0.15) is 16.9 Å². The Morgan fingerprint density at radius 1 is 0.962 bits per heavy atom. The van der Waals surface area contributed by atoms with Crippen LogP contribution in [0.1, 0.15) is 58.2 Å². The van der Waals surface area contributed by atoms with Crippen molar-refractivity contribution in [2.45, 2.75) is 33.6 Å². The van der Waals surface area contributed by atoms with E-state index in [-0.39, 0.29) is 30.1 Å². The highest BCUT2D eigenvalue weighted by atomic mass is 16.5. The molecule has 0 radical (unpaired) electrons. The van der Waals surface area contributed by atoms with Gasteiger partial charge in [0.2, 0.25) is 0 Å². The maximum atomic E-state index is 12.4. The lowest BCUT2D eigenvalue weighted by molar-refractivity contribution is 0.0517. The quantitative estimate of drug-likeness (QED) is 0.762. The fraction of sp³-hybridized carbons (Fsp3) is 0.333. The van der Waals surface area contributed by atoms with Gasteiger partial charge in [-0.2, -0.15) is 0 Å². The molecule has 0 aliphatic rings. The van der Waals surface area contributed by atoms with Gasteiger partial charge in [-0.25, -0.2) is 9.59 Å². The van der Waals surface area contributed by atoms with Crippen LogP contribution in [0.4, 0.5) is 0 Å². The van der Waals surface area contributed by atoms with Gasteiger partial charge in [0.15, 0.2) is 0 Å². The van der Waals surface area contributed by atoms with Crippen molar-refractivity contribution in [2.75, 3.05) is 13.2 Å². The summed E-state index contributed by atoms with van der Waals surface area (Å²) in [6, 6.07) is 11.3. The molecule has 0 heterocycles. The van der Waals surface area contributed by atoms with E-state index in [0.717, 1.165) is 11.1 Å². The summed E-state index contributed by atoms with van der Waals surface area (Å²) < 4.78 is 10.1. The van der Waals surface area contributed by atoms with E-state index in [1.807, 2.05) is 37.3 Å². The Labute approximate surface area is 153 Å². The average Bonchev–Trinajstić information content (AvgIpc) is 2.63. The van der Waals surface area contributed by atoms with E-state index in [1.54, 1.807) is 19.9 Å². The zero-order valence-corrected chi connectivity index (χ0v) is 15.4. The molecule has 0 saturated heterocycles. The van der Waals surface area contributed by atoms with Crippen LogP contribution < -0.4 is 0 Å². The summed E-state index contributed by atoms with van der Waals surface area (Å²) in [5, 5.41) is 10.6. The van der Waals surface area contributed by atoms with E-state index < -0.39 is 11.9 Å². The van der Waals surface area contributed by atoms with Crippen LogP contribution in [0.5, 0.6) is 5.75 Å². The number of rotatable bonds is 7. The minimum atomic E-state index is -0.660. The standard InChI is InChI=1S/C21H24O5/c1-4-16-15(12-14-10-8-7-9-11-14)13-17(20(23)25-5-2)19(22)18(16)21(24)26-6-3/h7-11,13,22H,4-6,12H2,1-3H3. The van der Waals surface area contributed by atoms with Crippen molar-refractivity contribution in [2.24, 2.45) is 0 Å². The number of hydrogen-bond donors (Lipinski definition) is 1. The second-order valence-electron chi connectivity index (χ2n) is 5.74. The summed E-state index contributed by atoms with van der Waals surface area (Å²) in [6.07, 6.45) is 1.05. The lowest BCUT2D eigenvalue weighted by Crippen LogP contribution is -2.15. The number of benzene rings is 2. The Balaban J connectivity index is 2.64. The minimum absolute atomic E-state index is 0.0157. The van der Waals surface area contributed by atoms with Crippen LogP contribution in [0.15, 0.2) is 36.4 Å². The third-order valence-corrected chi connectivity index (χ3v) is 4.07. The van der Waals surface area contributed by atoms with Gasteiger partial charge >= 0.3 is 11.9 Å². The molecule has 2 aromatic rings. The van der Waals surface area contributed by atoms with Crippen molar-refractivity contribution in [3.63, 3.8) is 0 Å². The number of carbonyl (C=O) groups excluding carboxylic acids is 2. The van der Waals surface area contributed by atoms with Crippen LogP contribution in [-0.2, 0) is 22.3 Å². The van der Waals surface area contributed by atoms with Crippen molar-refractivity contribution >= 4 is 11.9 Å². The molecular formula is C21H24O5. The molecule has 0 bridgehead atoms. The van der Waals surface area contributed by atoms with Crippen LogP contribution in [0.25, 0.3) is 0 Å². The normalized spacial score (nSPS) is 10.4. The van der Waals surface area contributed by atoms with Crippen molar-refractivity contribution < 1.29 is 24.2 Å². The maximum Gasteiger partial charge on any atom is 0.342 e. The first kappa shape index (κ1) is 19.5. The summed E-state index contributed by atoms with van der Waals surface area (Å²) in [6.45, 7) is 5.64. The van der Waals surface area contributed by atoms with E-state index in [9.17, 15) is 14.7 Å². The average molecular weight is 356 g/mol. The SMILES string of the molecule is CCOC(=O)c1cc(Cc2ccccc2)c(CC)c(C(=O)OCC)c1O. The zero-order valence-electron chi connectivity index (χ0n) is 15.4. The number of hydrogen-bond acceptors (Lipinski definition) is 5. The molecule has 0 aromatic heterocycles. The molecule has 138 valence electrons. The van der Waals surface area contributed by atoms with Gasteiger partial charge in [0, 0.05) is 0 Å². The topological polar surface area (TPSA) is 72.8 Å². The van der Waals surface area contributed by atoms with Crippen LogP contribution >= 0.6 is 0 Å². The number of phenols is 1.